The molecule has 0 unspecified atom stereocenters. The number of hydrazone groups is 1. The number of nitrogens with zero attached hydrogens (tertiary/aromatic N) is 2. The standard InChI is InChI=1S/C23H28N4O2S/c1-3-5-10-15-29-19-14-9-7-12-17(19)21-24-18-13-8-6-11-16(18)20-22(28)25-23(30-4-2)26-27(20)21/h6-9,11-14,20-21,24H,3-5,10,15H2,1-2H3,(H,25,26,28)/t20-,21-/m1/s1. The van der Waals surface area contributed by atoms with Crippen LogP contribution < -0.4 is 15.4 Å². The lowest BCUT2D eigenvalue weighted by atomic mass is 9.97. The first-order chi connectivity index (χ1) is 14.7. The summed E-state index contributed by atoms with van der Waals surface area (Å²) in [6.07, 6.45) is 3.03. The van der Waals surface area contributed by atoms with E-state index in [2.05, 4.69) is 17.6 Å². The zero-order chi connectivity index (χ0) is 20.9. The SMILES string of the molecule is CCCCCOc1ccccc1[C@@H]1Nc2ccccc2[C@@H]2C(=O)NC(SCC)=NN12. The summed E-state index contributed by atoms with van der Waals surface area (Å²) in [5.41, 5.74) is 2.85. The van der Waals surface area contributed by atoms with Gasteiger partial charge in [0.1, 0.15) is 11.9 Å². The topological polar surface area (TPSA) is 66.0 Å². The molecule has 0 fully saturated rings. The highest BCUT2D eigenvalue weighted by Crippen LogP contribution is 2.44. The van der Waals surface area contributed by atoms with Gasteiger partial charge in [-0.05, 0) is 24.3 Å². The van der Waals surface area contributed by atoms with Gasteiger partial charge < -0.3 is 15.4 Å². The molecule has 2 aliphatic heterocycles. The van der Waals surface area contributed by atoms with Gasteiger partial charge in [0, 0.05) is 16.8 Å². The number of para-hydroxylation sites is 2. The quantitative estimate of drug-likeness (QED) is 0.621. The van der Waals surface area contributed by atoms with Crippen LogP contribution in [0, 0.1) is 0 Å². The predicted octanol–water partition coefficient (Wildman–Crippen LogP) is 4.88. The van der Waals surface area contributed by atoms with Crippen molar-refractivity contribution in [1.29, 1.82) is 0 Å². The van der Waals surface area contributed by atoms with Crippen molar-refractivity contribution in [3.8, 4) is 5.75 Å². The van der Waals surface area contributed by atoms with Gasteiger partial charge in [-0.3, -0.25) is 9.80 Å². The highest BCUT2D eigenvalue weighted by molar-refractivity contribution is 8.13. The van der Waals surface area contributed by atoms with Crippen LogP contribution >= 0.6 is 11.8 Å². The highest BCUT2D eigenvalue weighted by Gasteiger charge is 2.42. The van der Waals surface area contributed by atoms with Crippen molar-refractivity contribution in [3.63, 3.8) is 0 Å². The Labute approximate surface area is 182 Å². The molecule has 2 aromatic carbocycles. The number of amides is 1. The Balaban J connectivity index is 1.72. The van der Waals surface area contributed by atoms with E-state index >= 15 is 0 Å². The van der Waals surface area contributed by atoms with Crippen LogP contribution in [0.1, 0.15) is 56.4 Å². The van der Waals surface area contributed by atoms with E-state index in [1.165, 1.54) is 11.8 Å². The van der Waals surface area contributed by atoms with E-state index in [9.17, 15) is 4.79 Å². The number of unbranched alkanes of at least 4 members (excludes halogenated alkanes) is 2. The lowest BCUT2D eigenvalue weighted by molar-refractivity contribution is -0.127. The van der Waals surface area contributed by atoms with Crippen LogP contribution in [0.3, 0.4) is 0 Å². The Hall–Kier alpha value is -2.67. The fraction of sp³-hybridized carbons (Fsp3) is 0.391. The van der Waals surface area contributed by atoms with Crippen LogP contribution in [0.4, 0.5) is 5.69 Å². The summed E-state index contributed by atoms with van der Waals surface area (Å²) in [7, 11) is 0. The highest BCUT2D eigenvalue weighted by atomic mass is 32.2. The molecule has 30 heavy (non-hydrogen) atoms. The number of thioether (sulfide) groups is 1. The molecule has 158 valence electrons. The molecule has 2 aromatic rings. The van der Waals surface area contributed by atoms with Gasteiger partial charge in [0.25, 0.3) is 5.91 Å². The molecule has 2 atom stereocenters. The minimum absolute atomic E-state index is 0.0544. The normalized spacial score (nSPS) is 19.9. The zero-order valence-corrected chi connectivity index (χ0v) is 18.2. The van der Waals surface area contributed by atoms with Crippen LogP contribution in [0.2, 0.25) is 0 Å². The van der Waals surface area contributed by atoms with Gasteiger partial charge >= 0.3 is 0 Å². The Morgan fingerprint density at radius 1 is 1.07 bits per heavy atom. The minimum Gasteiger partial charge on any atom is -0.493 e. The zero-order valence-electron chi connectivity index (χ0n) is 17.4. The molecule has 7 heteroatoms. The summed E-state index contributed by atoms with van der Waals surface area (Å²) >= 11 is 1.53. The number of hydrogen-bond acceptors (Lipinski definition) is 6. The van der Waals surface area contributed by atoms with E-state index in [1.54, 1.807) is 0 Å². The van der Waals surface area contributed by atoms with Gasteiger partial charge in [-0.25, -0.2) is 0 Å². The van der Waals surface area contributed by atoms with E-state index in [0.29, 0.717) is 11.8 Å². The number of benzene rings is 2. The van der Waals surface area contributed by atoms with Crippen molar-refractivity contribution in [2.24, 2.45) is 5.10 Å². The number of rotatable bonds is 7. The number of carbonyl (C=O) groups excluding carboxylic acids is 1. The Morgan fingerprint density at radius 3 is 2.63 bits per heavy atom. The molecule has 4 rings (SSSR count). The van der Waals surface area contributed by atoms with Crippen molar-refractivity contribution in [2.75, 3.05) is 17.7 Å². The van der Waals surface area contributed by atoms with Gasteiger partial charge in [0.15, 0.2) is 11.2 Å². The molecule has 1 amide bonds. The first-order valence-corrected chi connectivity index (χ1v) is 11.6. The van der Waals surface area contributed by atoms with Crippen molar-refractivity contribution in [1.82, 2.24) is 10.3 Å². The number of nitrogens with one attached hydrogen (secondary N) is 2. The molecule has 0 aliphatic carbocycles. The van der Waals surface area contributed by atoms with Gasteiger partial charge in [0.2, 0.25) is 0 Å². The second-order valence-electron chi connectivity index (χ2n) is 7.34. The molecule has 2 aliphatic rings. The molecule has 0 saturated heterocycles. The van der Waals surface area contributed by atoms with Gasteiger partial charge in [-0.15, -0.1) is 5.10 Å². The smallest absolute Gasteiger partial charge is 0.255 e. The molecule has 2 N–H and O–H groups in total. The fourth-order valence-corrected chi connectivity index (χ4v) is 4.44. The first-order valence-electron chi connectivity index (χ1n) is 10.6. The summed E-state index contributed by atoms with van der Waals surface area (Å²) in [5.74, 6) is 1.61. The Morgan fingerprint density at radius 2 is 1.83 bits per heavy atom. The third kappa shape index (κ3) is 4.12. The average molecular weight is 425 g/mol. The summed E-state index contributed by atoms with van der Waals surface area (Å²) in [5, 5.41) is 13.9. The third-order valence-electron chi connectivity index (χ3n) is 5.26. The van der Waals surface area contributed by atoms with Gasteiger partial charge in [-0.1, -0.05) is 74.8 Å². The number of anilines is 1. The van der Waals surface area contributed by atoms with Crippen molar-refractivity contribution < 1.29 is 9.53 Å². The van der Waals surface area contributed by atoms with Crippen LogP contribution in [-0.4, -0.2) is 28.4 Å². The summed E-state index contributed by atoms with van der Waals surface area (Å²) < 4.78 is 6.14. The van der Waals surface area contributed by atoms with Crippen LogP contribution in [0.5, 0.6) is 5.75 Å². The Bertz CT molecular complexity index is 933. The lowest BCUT2D eigenvalue weighted by Crippen LogP contribution is -2.51. The van der Waals surface area contributed by atoms with Crippen LogP contribution in [-0.2, 0) is 4.79 Å². The number of carbonyl (C=O) groups is 1. The maximum absolute atomic E-state index is 13.1. The molecule has 2 heterocycles. The van der Waals surface area contributed by atoms with Crippen LogP contribution in [0.15, 0.2) is 53.6 Å². The molecule has 0 spiro atoms. The second kappa shape index (κ2) is 9.43. The van der Waals surface area contributed by atoms with Gasteiger partial charge in [-0.2, -0.15) is 0 Å². The van der Waals surface area contributed by atoms with E-state index < -0.39 is 6.04 Å². The maximum Gasteiger partial charge on any atom is 0.255 e. The third-order valence-corrected chi connectivity index (χ3v) is 6.01. The van der Waals surface area contributed by atoms with Crippen molar-refractivity contribution in [3.05, 3.63) is 59.7 Å². The van der Waals surface area contributed by atoms with Crippen molar-refractivity contribution in [2.45, 2.75) is 45.3 Å². The van der Waals surface area contributed by atoms with Crippen molar-refractivity contribution >= 4 is 28.5 Å². The number of fused-ring (bicyclic) bond motifs is 3. The van der Waals surface area contributed by atoms with E-state index in [4.69, 9.17) is 9.84 Å². The molecular formula is C23H28N4O2S. The van der Waals surface area contributed by atoms with Crippen LogP contribution in [0.25, 0.3) is 0 Å². The average Bonchev–Trinajstić information content (AvgIpc) is 2.76. The second-order valence-corrected chi connectivity index (χ2v) is 8.59. The Kier molecular flexibility index (Phi) is 6.47. The lowest BCUT2D eigenvalue weighted by Gasteiger charge is -2.44. The largest absolute Gasteiger partial charge is 0.493 e. The van der Waals surface area contributed by atoms with E-state index in [1.807, 2.05) is 60.5 Å². The monoisotopic (exact) mass is 424 g/mol. The minimum atomic E-state index is -0.484. The maximum atomic E-state index is 13.1. The van der Waals surface area contributed by atoms with E-state index in [-0.39, 0.29) is 12.1 Å². The summed E-state index contributed by atoms with van der Waals surface area (Å²) in [6.45, 7) is 4.91. The summed E-state index contributed by atoms with van der Waals surface area (Å²) in [6, 6.07) is 15.5. The molecule has 0 bridgehead atoms. The fourth-order valence-electron chi connectivity index (χ4n) is 3.85. The number of ether oxygens (including phenoxy) is 1. The summed E-state index contributed by atoms with van der Waals surface area (Å²) in [4.78, 5) is 13.1. The van der Waals surface area contributed by atoms with E-state index in [0.717, 1.165) is 47.6 Å². The molecule has 0 saturated carbocycles. The molecular weight excluding hydrogens is 396 g/mol. The van der Waals surface area contributed by atoms with Gasteiger partial charge in [0.05, 0.1) is 6.61 Å². The molecule has 0 radical (unpaired) electrons. The molecule has 0 aromatic heterocycles. The predicted molar refractivity (Wildman–Crippen MR) is 123 cm³/mol. The number of hydrogen-bond donors (Lipinski definition) is 2. The first kappa shape index (κ1) is 20.6. The number of amidine groups is 1. The molecule has 6 nitrogen and oxygen atoms in total.